The number of esters is 1. The molecule has 1 amide bonds. The number of nitrogens with zero attached hydrogens (tertiary/aromatic N) is 2. The van der Waals surface area contributed by atoms with Gasteiger partial charge in [-0.3, -0.25) is 19.8 Å². The molecule has 0 radical (unpaired) electrons. The molecular weight excluding hydrogens is 406 g/mol. The molecule has 3 unspecified atom stereocenters. The topological polar surface area (TPSA) is 145 Å². The van der Waals surface area contributed by atoms with Crippen LogP contribution in [0.3, 0.4) is 0 Å². The van der Waals surface area contributed by atoms with Gasteiger partial charge in [0.1, 0.15) is 12.1 Å². The second-order valence-corrected chi connectivity index (χ2v) is 7.16. The zero-order valence-corrected chi connectivity index (χ0v) is 16.6. The van der Waals surface area contributed by atoms with Gasteiger partial charge in [0.2, 0.25) is 6.54 Å². The highest BCUT2D eigenvalue weighted by atomic mass is 16.7. The number of fused-ring (bicyclic) bond motifs is 1. The molecule has 10 heteroatoms. The van der Waals surface area contributed by atoms with E-state index in [1.807, 2.05) is 6.07 Å². The molecule has 2 aromatic rings. The molecule has 0 aromatic heterocycles. The average Bonchev–Trinajstić information content (AvgIpc) is 2.72. The summed E-state index contributed by atoms with van der Waals surface area (Å²) in [5.41, 5.74) is 7.66. The summed E-state index contributed by atoms with van der Waals surface area (Å²) < 4.78 is 10.8. The third kappa shape index (κ3) is 6.00. The molecule has 3 atom stereocenters. The van der Waals surface area contributed by atoms with Gasteiger partial charge in [0.15, 0.2) is 0 Å². The first-order valence-electron chi connectivity index (χ1n) is 9.69. The molecule has 10 nitrogen and oxygen atoms in total. The molecule has 0 saturated heterocycles. The normalized spacial score (nSPS) is 20.3. The Hall–Kier alpha value is -3.50. The van der Waals surface area contributed by atoms with Gasteiger partial charge < -0.3 is 20.3 Å². The Labute approximate surface area is 178 Å². The number of para-hydroxylation sites is 1. The second-order valence-electron chi connectivity index (χ2n) is 7.16. The van der Waals surface area contributed by atoms with E-state index < -0.39 is 42.0 Å². The lowest BCUT2D eigenvalue weighted by molar-refractivity contribution is -0.489. The SMILES string of the molecule is NC1Cc2ccccc2N(CC(O)C[N+](=O)[O-])C(=O)OC(Cc2ccccc2)OC1=O. The molecule has 3 rings (SSSR count). The minimum absolute atomic E-state index is 0.0716. The van der Waals surface area contributed by atoms with Crippen molar-refractivity contribution in [3.63, 3.8) is 0 Å². The van der Waals surface area contributed by atoms with Crippen molar-refractivity contribution in [2.75, 3.05) is 18.0 Å². The summed E-state index contributed by atoms with van der Waals surface area (Å²) in [6.45, 7) is -1.12. The van der Waals surface area contributed by atoms with E-state index in [-0.39, 0.29) is 19.4 Å². The van der Waals surface area contributed by atoms with Crippen LogP contribution in [-0.2, 0) is 27.1 Å². The standard InChI is InChI=1S/C21H23N3O7/c22-17-11-15-8-4-5-9-18(15)23(12-16(25)13-24(28)29)21(27)31-19(30-20(17)26)10-14-6-2-1-3-7-14/h1-9,16-17,19,25H,10-13,22H2. The maximum atomic E-state index is 13.0. The minimum Gasteiger partial charge on any atom is -0.424 e. The van der Waals surface area contributed by atoms with E-state index in [1.165, 1.54) is 0 Å². The third-order valence-electron chi connectivity index (χ3n) is 4.72. The van der Waals surface area contributed by atoms with Crippen LogP contribution in [0, 0.1) is 10.1 Å². The summed E-state index contributed by atoms with van der Waals surface area (Å²) in [7, 11) is 0. The number of anilines is 1. The Bertz CT molecular complexity index is 938. The van der Waals surface area contributed by atoms with Gasteiger partial charge in [-0.15, -0.1) is 0 Å². The summed E-state index contributed by atoms with van der Waals surface area (Å²) in [6, 6.07) is 14.6. The van der Waals surface area contributed by atoms with Gasteiger partial charge >= 0.3 is 12.1 Å². The van der Waals surface area contributed by atoms with Gasteiger partial charge in [0.25, 0.3) is 6.29 Å². The number of aliphatic hydroxyl groups is 1. The summed E-state index contributed by atoms with van der Waals surface area (Å²) >= 11 is 0. The van der Waals surface area contributed by atoms with E-state index in [4.69, 9.17) is 15.2 Å². The number of amides is 1. The fraction of sp³-hybridized carbons (Fsp3) is 0.333. The van der Waals surface area contributed by atoms with Crippen LogP contribution in [-0.4, -0.2) is 53.6 Å². The molecule has 164 valence electrons. The van der Waals surface area contributed by atoms with Gasteiger partial charge in [-0.1, -0.05) is 48.5 Å². The highest BCUT2D eigenvalue weighted by Gasteiger charge is 2.32. The number of hydrogen-bond donors (Lipinski definition) is 2. The Morgan fingerprint density at radius 2 is 1.81 bits per heavy atom. The lowest BCUT2D eigenvalue weighted by Gasteiger charge is -2.30. The molecule has 0 aliphatic carbocycles. The molecule has 0 bridgehead atoms. The maximum Gasteiger partial charge on any atom is 0.417 e. The van der Waals surface area contributed by atoms with Crippen molar-refractivity contribution in [1.82, 2.24) is 0 Å². The van der Waals surface area contributed by atoms with Crippen LogP contribution in [0.5, 0.6) is 0 Å². The first-order chi connectivity index (χ1) is 14.8. The van der Waals surface area contributed by atoms with Crippen LogP contribution in [0.2, 0.25) is 0 Å². The number of carbonyl (C=O) groups excluding carboxylic acids is 2. The molecule has 1 aliphatic rings. The van der Waals surface area contributed by atoms with Gasteiger partial charge in [0, 0.05) is 17.8 Å². The molecular formula is C21H23N3O7. The monoisotopic (exact) mass is 429 g/mol. The second kappa shape index (κ2) is 10.0. The van der Waals surface area contributed by atoms with Gasteiger partial charge in [-0.25, -0.2) is 4.79 Å². The van der Waals surface area contributed by atoms with Crippen LogP contribution in [0.25, 0.3) is 0 Å². The van der Waals surface area contributed by atoms with E-state index in [0.29, 0.717) is 11.3 Å². The predicted octanol–water partition coefficient (Wildman–Crippen LogP) is 1.26. The number of nitrogens with two attached hydrogens (primary N) is 1. The number of nitro groups is 1. The van der Waals surface area contributed by atoms with Crippen molar-refractivity contribution in [3.8, 4) is 0 Å². The summed E-state index contributed by atoms with van der Waals surface area (Å²) in [6.07, 6.45) is -3.42. The van der Waals surface area contributed by atoms with Crippen molar-refractivity contribution in [3.05, 3.63) is 75.8 Å². The molecule has 0 spiro atoms. The number of hydrogen-bond acceptors (Lipinski definition) is 8. The van der Waals surface area contributed by atoms with Crippen molar-refractivity contribution >= 4 is 17.7 Å². The molecule has 1 aliphatic heterocycles. The number of rotatable bonds is 6. The third-order valence-corrected chi connectivity index (χ3v) is 4.72. The summed E-state index contributed by atoms with van der Waals surface area (Å²) in [5.74, 6) is -0.717. The molecule has 0 fully saturated rings. The number of aliphatic hydroxyl groups excluding tert-OH is 1. The number of benzene rings is 2. The maximum absolute atomic E-state index is 13.0. The van der Waals surface area contributed by atoms with E-state index in [2.05, 4.69) is 0 Å². The summed E-state index contributed by atoms with van der Waals surface area (Å²) in [4.78, 5) is 36.7. The number of ether oxygens (including phenoxy) is 2. The van der Waals surface area contributed by atoms with Crippen molar-refractivity contribution in [1.29, 1.82) is 0 Å². The lowest BCUT2D eigenvalue weighted by Crippen LogP contribution is -2.46. The predicted molar refractivity (Wildman–Crippen MR) is 110 cm³/mol. The molecule has 31 heavy (non-hydrogen) atoms. The molecule has 0 saturated carbocycles. The van der Waals surface area contributed by atoms with Crippen LogP contribution in [0.15, 0.2) is 54.6 Å². The largest absolute Gasteiger partial charge is 0.424 e. The smallest absolute Gasteiger partial charge is 0.417 e. The highest BCUT2D eigenvalue weighted by Crippen LogP contribution is 2.25. The fourth-order valence-electron chi connectivity index (χ4n) is 3.29. The highest BCUT2D eigenvalue weighted by molar-refractivity contribution is 5.89. The molecule has 3 N–H and O–H groups in total. The molecule has 2 aromatic carbocycles. The Morgan fingerprint density at radius 1 is 1.13 bits per heavy atom. The first kappa shape index (κ1) is 22.2. The van der Waals surface area contributed by atoms with Gasteiger partial charge in [-0.2, -0.15) is 0 Å². The zero-order valence-electron chi connectivity index (χ0n) is 16.6. The van der Waals surface area contributed by atoms with Crippen molar-refractivity contribution < 1.29 is 29.1 Å². The zero-order chi connectivity index (χ0) is 22.4. The Balaban J connectivity index is 1.93. The van der Waals surface area contributed by atoms with Crippen molar-refractivity contribution in [2.24, 2.45) is 5.73 Å². The van der Waals surface area contributed by atoms with Crippen LogP contribution < -0.4 is 10.6 Å². The van der Waals surface area contributed by atoms with Crippen LogP contribution >= 0.6 is 0 Å². The minimum atomic E-state index is -1.43. The Morgan fingerprint density at radius 3 is 2.52 bits per heavy atom. The Kier molecular flexibility index (Phi) is 7.16. The van der Waals surface area contributed by atoms with Gasteiger partial charge in [0.05, 0.1) is 12.2 Å². The quantitative estimate of drug-likeness (QED) is 0.397. The lowest BCUT2D eigenvalue weighted by atomic mass is 10.0. The van der Waals surface area contributed by atoms with E-state index in [9.17, 15) is 24.8 Å². The fourth-order valence-corrected chi connectivity index (χ4v) is 3.29. The van der Waals surface area contributed by atoms with Crippen molar-refractivity contribution in [2.45, 2.75) is 31.3 Å². The number of cyclic esters (lactones) is 2. The number of carbonyl (C=O) groups is 2. The summed E-state index contributed by atoms with van der Waals surface area (Å²) in [5, 5.41) is 20.9. The van der Waals surface area contributed by atoms with E-state index in [1.54, 1.807) is 48.5 Å². The van der Waals surface area contributed by atoms with Crippen LogP contribution in [0.4, 0.5) is 10.5 Å². The van der Waals surface area contributed by atoms with Crippen LogP contribution in [0.1, 0.15) is 11.1 Å². The average molecular weight is 429 g/mol. The first-order valence-corrected chi connectivity index (χ1v) is 9.69. The van der Waals surface area contributed by atoms with Gasteiger partial charge in [-0.05, 0) is 17.2 Å². The van der Waals surface area contributed by atoms with E-state index in [0.717, 1.165) is 10.5 Å². The molecule has 1 heterocycles. The van der Waals surface area contributed by atoms with E-state index >= 15 is 0 Å². The number of β-amino-alcohol motifs (C(OH)–C–C–N with tert-alkyl or cyclic N) is 1.